The van der Waals surface area contributed by atoms with E-state index in [2.05, 4.69) is 5.32 Å². The maximum absolute atomic E-state index is 13.6. The lowest BCUT2D eigenvalue weighted by Crippen LogP contribution is -2.30. The zero-order valence-electron chi connectivity index (χ0n) is 15.8. The minimum absolute atomic E-state index is 0.201. The predicted octanol–water partition coefficient (Wildman–Crippen LogP) is 3.69. The minimum Gasteiger partial charge on any atom is -0.496 e. The lowest BCUT2D eigenvalue weighted by molar-refractivity contribution is -0.123. The molecular weight excluding hydrogens is 372 g/mol. The molecule has 6 nitrogen and oxygen atoms in total. The van der Waals surface area contributed by atoms with Crippen LogP contribution < -0.4 is 10.1 Å². The average molecular weight is 393 g/mol. The molecule has 0 unspecified atom stereocenters. The number of halogens is 2. The van der Waals surface area contributed by atoms with Crippen molar-refractivity contribution in [2.75, 3.05) is 19.0 Å². The number of hydrogen-bond donors (Lipinski definition) is 1. The van der Waals surface area contributed by atoms with Gasteiger partial charge in [0, 0.05) is 18.2 Å². The first kappa shape index (κ1) is 21.3. The Kier molecular flexibility index (Phi) is 7.45. The molecule has 1 amide bonds. The normalized spacial score (nSPS) is 11.6. The number of hydrogen-bond acceptors (Lipinski definition) is 5. The second-order valence-electron chi connectivity index (χ2n) is 5.82. The number of benzene rings is 2. The molecule has 1 atom stereocenters. The smallest absolute Gasteiger partial charge is 0.338 e. The van der Waals surface area contributed by atoms with Gasteiger partial charge in [-0.2, -0.15) is 0 Å². The third kappa shape index (κ3) is 5.50. The zero-order chi connectivity index (χ0) is 20.7. The van der Waals surface area contributed by atoms with Gasteiger partial charge in [0.25, 0.3) is 5.91 Å². The topological polar surface area (TPSA) is 73.9 Å². The van der Waals surface area contributed by atoms with Gasteiger partial charge in [0.15, 0.2) is 6.10 Å². The Morgan fingerprint density at radius 1 is 1.14 bits per heavy atom. The number of ether oxygens (including phenoxy) is 3. The van der Waals surface area contributed by atoms with E-state index in [0.717, 1.165) is 18.2 Å². The van der Waals surface area contributed by atoms with Gasteiger partial charge in [0.2, 0.25) is 0 Å². The molecule has 0 aliphatic heterocycles. The van der Waals surface area contributed by atoms with E-state index in [1.165, 1.54) is 20.1 Å². The molecule has 8 heteroatoms. The van der Waals surface area contributed by atoms with Crippen LogP contribution in [0.1, 0.15) is 29.8 Å². The molecular formula is C20H21F2NO5. The summed E-state index contributed by atoms with van der Waals surface area (Å²) in [5.74, 6) is -2.49. The van der Waals surface area contributed by atoms with E-state index in [1.54, 1.807) is 12.1 Å². The van der Waals surface area contributed by atoms with Crippen LogP contribution >= 0.6 is 0 Å². The molecule has 0 radical (unpaired) electrons. The van der Waals surface area contributed by atoms with E-state index in [-0.39, 0.29) is 17.9 Å². The Labute approximate surface area is 161 Å². The number of esters is 1. The summed E-state index contributed by atoms with van der Waals surface area (Å²) < 4.78 is 42.5. The zero-order valence-corrected chi connectivity index (χ0v) is 15.8. The third-order valence-corrected chi connectivity index (χ3v) is 3.82. The van der Waals surface area contributed by atoms with Gasteiger partial charge in [-0.25, -0.2) is 13.6 Å². The second kappa shape index (κ2) is 9.80. The predicted molar refractivity (Wildman–Crippen MR) is 98.2 cm³/mol. The summed E-state index contributed by atoms with van der Waals surface area (Å²) in [5, 5.41) is 2.19. The average Bonchev–Trinajstić information content (AvgIpc) is 2.68. The molecule has 1 N–H and O–H groups in total. The number of carbonyl (C=O) groups is 2. The molecule has 2 aromatic carbocycles. The van der Waals surface area contributed by atoms with Crippen molar-refractivity contribution in [3.8, 4) is 5.75 Å². The van der Waals surface area contributed by atoms with Gasteiger partial charge in [0.1, 0.15) is 17.4 Å². The monoisotopic (exact) mass is 393 g/mol. The Hall–Kier alpha value is -3.00. The van der Waals surface area contributed by atoms with E-state index in [4.69, 9.17) is 14.2 Å². The Balaban J connectivity index is 2.06. The first-order valence-corrected chi connectivity index (χ1v) is 8.57. The van der Waals surface area contributed by atoms with Crippen molar-refractivity contribution >= 4 is 17.6 Å². The fourth-order valence-corrected chi connectivity index (χ4v) is 2.34. The highest BCUT2D eigenvalue weighted by Crippen LogP contribution is 2.22. The van der Waals surface area contributed by atoms with Crippen LogP contribution in [-0.4, -0.2) is 31.7 Å². The maximum atomic E-state index is 13.6. The van der Waals surface area contributed by atoms with Crippen LogP contribution in [0.3, 0.4) is 0 Å². The van der Waals surface area contributed by atoms with Crippen molar-refractivity contribution in [1.82, 2.24) is 0 Å². The molecule has 2 rings (SSSR count). The fraction of sp³-hybridized carbons (Fsp3) is 0.300. The van der Waals surface area contributed by atoms with Crippen molar-refractivity contribution in [3.63, 3.8) is 0 Å². The maximum Gasteiger partial charge on any atom is 0.338 e. The van der Waals surface area contributed by atoms with Crippen molar-refractivity contribution < 1.29 is 32.6 Å². The summed E-state index contributed by atoms with van der Waals surface area (Å²) in [5.41, 5.74) is 0.515. The Morgan fingerprint density at radius 3 is 2.57 bits per heavy atom. The van der Waals surface area contributed by atoms with Crippen molar-refractivity contribution in [3.05, 3.63) is 59.2 Å². The highest BCUT2D eigenvalue weighted by Gasteiger charge is 2.21. The number of anilines is 1. The molecule has 0 aromatic heterocycles. The molecule has 150 valence electrons. The van der Waals surface area contributed by atoms with Crippen LogP contribution in [0.25, 0.3) is 0 Å². The van der Waals surface area contributed by atoms with Crippen molar-refractivity contribution in [2.45, 2.75) is 26.6 Å². The molecule has 0 aliphatic rings. The summed E-state index contributed by atoms with van der Waals surface area (Å²) in [6.07, 6.45) is -1.23. The molecule has 0 bridgehead atoms. The molecule has 0 fully saturated rings. The van der Waals surface area contributed by atoms with E-state index < -0.39 is 29.6 Å². The Bertz CT molecular complexity index is 856. The van der Waals surface area contributed by atoms with Gasteiger partial charge in [-0.15, -0.1) is 0 Å². The number of amides is 1. The van der Waals surface area contributed by atoms with E-state index in [1.807, 2.05) is 6.92 Å². The number of rotatable bonds is 8. The molecule has 0 spiro atoms. The van der Waals surface area contributed by atoms with Crippen LogP contribution in [0, 0.1) is 11.6 Å². The number of methoxy groups -OCH3 is 1. The standard InChI is InChI=1S/C20H21F2NO5/c1-4-27-11-14-9-13(5-8-18(14)26-3)20(25)28-12(2)19(24)23-17-10-15(21)6-7-16(17)22/h5-10,12H,4,11H2,1-3H3,(H,23,24)/t12-/m1/s1. The second-order valence-corrected chi connectivity index (χ2v) is 5.82. The summed E-state index contributed by atoms with van der Waals surface area (Å²) >= 11 is 0. The van der Waals surface area contributed by atoms with E-state index in [9.17, 15) is 18.4 Å². The first-order valence-electron chi connectivity index (χ1n) is 8.57. The first-order chi connectivity index (χ1) is 13.3. The summed E-state index contributed by atoms with van der Waals surface area (Å²) in [7, 11) is 1.50. The van der Waals surface area contributed by atoms with E-state index >= 15 is 0 Å². The van der Waals surface area contributed by atoms with Gasteiger partial charge in [-0.1, -0.05) is 0 Å². The van der Waals surface area contributed by atoms with Gasteiger partial charge in [-0.05, 0) is 44.2 Å². The number of nitrogens with one attached hydrogen (secondary N) is 1. The van der Waals surface area contributed by atoms with Crippen molar-refractivity contribution in [1.29, 1.82) is 0 Å². The van der Waals surface area contributed by atoms with Gasteiger partial charge in [0.05, 0.1) is 25.0 Å². The van der Waals surface area contributed by atoms with Crippen LogP contribution in [0.2, 0.25) is 0 Å². The largest absolute Gasteiger partial charge is 0.496 e. The minimum atomic E-state index is -1.23. The Morgan fingerprint density at radius 2 is 1.89 bits per heavy atom. The highest BCUT2D eigenvalue weighted by molar-refractivity contribution is 5.97. The van der Waals surface area contributed by atoms with Crippen molar-refractivity contribution in [2.24, 2.45) is 0 Å². The molecule has 0 saturated carbocycles. The highest BCUT2D eigenvalue weighted by atomic mass is 19.1. The van der Waals surface area contributed by atoms with E-state index in [0.29, 0.717) is 17.9 Å². The van der Waals surface area contributed by atoms with Gasteiger partial charge >= 0.3 is 5.97 Å². The third-order valence-electron chi connectivity index (χ3n) is 3.82. The molecule has 0 saturated heterocycles. The van der Waals surface area contributed by atoms with Crippen LogP contribution in [0.4, 0.5) is 14.5 Å². The summed E-state index contributed by atoms with van der Waals surface area (Å²) in [4.78, 5) is 24.5. The lowest BCUT2D eigenvalue weighted by Gasteiger charge is -2.15. The van der Waals surface area contributed by atoms with Gasteiger partial charge < -0.3 is 19.5 Å². The molecule has 28 heavy (non-hydrogen) atoms. The van der Waals surface area contributed by atoms with Gasteiger partial charge in [-0.3, -0.25) is 4.79 Å². The van der Waals surface area contributed by atoms with Crippen LogP contribution in [0.15, 0.2) is 36.4 Å². The number of carbonyl (C=O) groups excluding carboxylic acids is 2. The summed E-state index contributed by atoms with van der Waals surface area (Å²) in [6.45, 7) is 3.91. The van der Waals surface area contributed by atoms with Crippen LogP contribution in [0.5, 0.6) is 5.75 Å². The molecule has 0 aliphatic carbocycles. The lowest BCUT2D eigenvalue weighted by atomic mass is 10.1. The SMILES string of the molecule is CCOCc1cc(C(=O)O[C@H](C)C(=O)Nc2cc(F)ccc2F)ccc1OC. The summed E-state index contributed by atoms with van der Waals surface area (Å²) in [6, 6.07) is 7.29. The fourth-order valence-electron chi connectivity index (χ4n) is 2.34. The molecule has 2 aromatic rings. The van der Waals surface area contributed by atoms with Crippen LogP contribution in [-0.2, 0) is 20.9 Å². The quantitative estimate of drug-likeness (QED) is 0.693. The molecule has 0 heterocycles.